The van der Waals surface area contributed by atoms with Crippen LogP contribution in [0.15, 0.2) is 30.3 Å². The summed E-state index contributed by atoms with van der Waals surface area (Å²) in [5.41, 5.74) is 7.00. The highest BCUT2D eigenvalue weighted by atomic mass is 35.5. The van der Waals surface area contributed by atoms with E-state index in [4.69, 9.17) is 5.73 Å². The van der Waals surface area contributed by atoms with Crippen molar-refractivity contribution in [1.82, 2.24) is 4.90 Å². The molecule has 1 atom stereocenters. The molecule has 1 saturated heterocycles. The highest BCUT2D eigenvalue weighted by molar-refractivity contribution is 5.85. The molecule has 0 aromatic heterocycles. The maximum atomic E-state index is 12.1. The van der Waals surface area contributed by atoms with E-state index >= 15 is 0 Å². The molecule has 0 spiro atoms. The number of benzene rings is 1. The van der Waals surface area contributed by atoms with Crippen LogP contribution in [0.1, 0.15) is 25.3 Å². The van der Waals surface area contributed by atoms with E-state index in [0.717, 1.165) is 31.5 Å². The van der Waals surface area contributed by atoms with Gasteiger partial charge in [-0.2, -0.15) is 0 Å². The Hall–Kier alpha value is -1.06. The standard InChI is InChI=1S/C15H22N2O.ClH/c1-12(16)14-7-9-17(10-8-14)15(18)11-13-5-3-2-4-6-13;/h2-6,12,14H,7-11,16H2,1H3;1H. The van der Waals surface area contributed by atoms with Crippen molar-refractivity contribution < 1.29 is 4.79 Å². The summed E-state index contributed by atoms with van der Waals surface area (Å²) in [6.45, 7) is 3.78. The van der Waals surface area contributed by atoms with E-state index in [0.29, 0.717) is 12.3 Å². The smallest absolute Gasteiger partial charge is 0.226 e. The Bertz CT molecular complexity index is 386. The summed E-state index contributed by atoms with van der Waals surface area (Å²) in [7, 11) is 0. The number of rotatable bonds is 3. The van der Waals surface area contributed by atoms with Crippen molar-refractivity contribution in [3.63, 3.8) is 0 Å². The molecule has 0 radical (unpaired) electrons. The van der Waals surface area contributed by atoms with E-state index in [2.05, 4.69) is 6.92 Å². The van der Waals surface area contributed by atoms with Gasteiger partial charge in [0.05, 0.1) is 6.42 Å². The molecule has 1 amide bonds. The van der Waals surface area contributed by atoms with Crippen molar-refractivity contribution in [2.24, 2.45) is 11.7 Å². The van der Waals surface area contributed by atoms with Crippen molar-refractivity contribution in [3.05, 3.63) is 35.9 Å². The molecular formula is C15H23ClN2O. The molecule has 2 rings (SSSR count). The molecule has 1 aliphatic rings. The van der Waals surface area contributed by atoms with Crippen LogP contribution in [-0.4, -0.2) is 29.9 Å². The molecule has 1 aromatic rings. The third-order valence-corrected chi connectivity index (χ3v) is 3.83. The van der Waals surface area contributed by atoms with Crippen LogP contribution in [0, 0.1) is 5.92 Å². The minimum atomic E-state index is 0. The number of hydrogen-bond acceptors (Lipinski definition) is 2. The second kappa shape index (κ2) is 7.51. The summed E-state index contributed by atoms with van der Waals surface area (Å²) in [4.78, 5) is 14.1. The summed E-state index contributed by atoms with van der Waals surface area (Å²) < 4.78 is 0. The summed E-state index contributed by atoms with van der Waals surface area (Å²) in [6.07, 6.45) is 2.60. The fourth-order valence-corrected chi connectivity index (χ4v) is 2.56. The van der Waals surface area contributed by atoms with Gasteiger partial charge < -0.3 is 10.6 Å². The Labute approximate surface area is 121 Å². The number of piperidine rings is 1. The van der Waals surface area contributed by atoms with Crippen molar-refractivity contribution in [2.45, 2.75) is 32.2 Å². The van der Waals surface area contributed by atoms with Gasteiger partial charge >= 0.3 is 0 Å². The van der Waals surface area contributed by atoms with Gasteiger partial charge in [0.1, 0.15) is 0 Å². The lowest BCUT2D eigenvalue weighted by atomic mass is 9.91. The maximum absolute atomic E-state index is 12.1. The molecule has 0 aliphatic carbocycles. The van der Waals surface area contributed by atoms with Crippen LogP contribution >= 0.6 is 12.4 Å². The third-order valence-electron chi connectivity index (χ3n) is 3.83. The number of hydrogen-bond donors (Lipinski definition) is 1. The fraction of sp³-hybridized carbons (Fsp3) is 0.533. The molecule has 1 fully saturated rings. The van der Waals surface area contributed by atoms with Gasteiger partial charge in [0.25, 0.3) is 0 Å². The second-order valence-corrected chi connectivity index (χ2v) is 5.24. The first-order valence-corrected chi connectivity index (χ1v) is 6.74. The van der Waals surface area contributed by atoms with Crippen molar-refractivity contribution in [1.29, 1.82) is 0 Å². The lowest BCUT2D eigenvalue weighted by Gasteiger charge is -2.33. The molecule has 0 saturated carbocycles. The number of likely N-dealkylation sites (tertiary alicyclic amines) is 1. The molecule has 3 nitrogen and oxygen atoms in total. The van der Waals surface area contributed by atoms with Crippen molar-refractivity contribution >= 4 is 18.3 Å². The number of amides is 1. The zero-order chi connectivity index (χ0) is 13.0. The van der Waals surface area contributed by atoms with Crippen LogP contribution in [0.4, 0.5) is 0 Å². The first kappa shape index (κ1) is 16.0. The van der Waals surface area contributed by atoms with Crippen LogP contribution in [0.25, 0.3) is 0 Å². The predicted molar refractivity (Wildman–Crippen MR) is 80.3 cm³/mol. The Morgan fingerprint density at radius 2 is 1.89 bits per heavy atom. The SMILES string of the molecule is CC(N)C1CCN(C(=O)Cc2ccccc2)CC1.Cl. The van der Waals surface area contributed by atoms with Gasteiger partial charge in [0.15, 0.2) is 0 Å². The zero-order valence-electron chi connectivity index (χ0n) is 11.4. The summed E-state index contributed by atoms with van der Waals surface area (Å²) >= 11 is 0. The number of halogens is 1. The van der Waals surface area contributed by atoms with Gasteiger partial charge in [-0.1, -0.05) is 30.3 Å². The van der Waals surface area contributed by atoms with Crippen LogP contribution in [0.5, 0.6) is 0 Å². The maximum Gasteiger partial charge on any atom is 0.226 e. The first-order chi connectivity index (χ1) is 8.66. The van der Waals surface area contributed by atoms with Gasteiger partial charge in [-0.05, 0) is 31.2 Å². The van der Waals surface area contributed by atoms with Crippen molar-refractivity contribution in [3.8, 4) is 0 Å². The van der Waals surface area contributed by atoms with Gasteiger partial charge in [0.2, 0.25) is 5.91 Å². The molecular weight excluding hydrogens is 260 g/mol. The molecule has 1 aromatic carbocycles. The van der Waals surface area contributed by atoms with Gasteiger partial charge in [0, 0.05) is 19.1 Å². The van der Waals surface area contributed by atoms with Gasteiger partial charge in [-0.15, -0.1) is 12.4 Å². The van der Waals surface area contributed by atoms with Crippen molar-refractivity contribution in [2.75, 3.05) is 13.1 Å². The van der Waals surface area contributed by atoms with E-state index in [1.54, 1.807) is 0 Å². The fourth-order valence-electron chi connectivity index (χ4n) is 2.56. The minimum Gasteiger partial charge on any atom is -0.342 e. The Kier molecular flexibility index (Phi) is 6.32. The normalized spacial score (nSPS) is 17.7. The first-order valence-electron chi connectivity index (χ1n) is 6.74. The van der Waals surface area contributed by atoms with Gasteiger partial charge in [-0.25, -0.2) is 0 Å². The highest BCUT2D eigenvalue weighted by Gasteiger charge is 2.24. The molecule has 4 heteroatoms. The zero-order valence-corrected chi connectivity index (χ0v) is 12.2. The Balaban J connectivity index is 0.00000180. The lowest BCUT2D eigenvalue weighted by molar-refractivity contribution is -0.131. The van der Waals surface area contributed by atoms with E-state index < -0.39 is 0 Å². The Morgan fingerprint density at radius 1 is 1.32 bits per heavy atom. The Morgan fingerprint density at radius 3 is 2.42 bits per heavy atom. The molecule has 1 heterocycles. The highest BCUT2D eigenvalue weighted by Crippen LogP contribution is 2.20. The summed E-state index contributed by atoms with van der Waals surface area (Å²) in [5.74, 6) is 0.815. The molecule has 1 unspecified atom stereocenters. The van der Waals surface area contributed by atoms with Crippen LogP contribution < -0.4 is 5.73 Å². The number of nitrogens with zero attached hydrogens (tertiary/aromatic N) is 1. The van der Waals surface area contributed by atoms with E-state index in [-0.39, 0.29) is 24.4 Å². The van der Waals surface area contributed by atoms with Gasteiger partial charge in [-0.3, -0.25) is 4.79 Å². The topological polar surface area (TPSA) is 46.3 Å². The summed E-state index contributed by atoms with van der Waals surface area (Å²) in [5, 5.41) is 0. The van der Waals surface area contributed by atoms with Crippen LogP contribution in [-0.2, 0) is 11.2 Å². The third kappa shape index (κ3) is 4.51. The number of carbonyl (C=O) groups excluding carboxylic acids is 1. The number of carbonyl (C=O) groups is 1. The molecule has 106 valence electrons. The van der Waals surface area contributed by atoms with Crippen LogP contribution in [0.3, 0.4) is 0 Å². The number of nitrogens with two attached hydrogens (primary N) is 1. The molecule has 19 heavy (non-hydrogen) atoms. The van der Waals surface area contributed by atoms with Crippen LogP contribution in [0.2, 0.25) is 0 Å². The average molecular weight is 283 g/mol. The molecule has 0 bridgehead atoms. The van der Waals surface area contributed by atoms with E-state index in [1.165, 1.54) is 0 Å². The quantitative estimate of drug-likeness (QED) is 0.924. The minimum absolute atomic E-state index is 0. The molecule has 1 aliphatic heterocycles. The largest absolute Gasteiger partial charge is 0.342 e. The van der Waals surface area contributed by atoms with E-state index in [1.807, 2.05) is 35.2 Å². The average Bonchev–Trinajstić information content (AvgIpc) is 2.40. The summed E-state index contributed by atoms with van der Waals surface area (Å²) in [6, 6.07) is 10.2. The monoisotopic (exact) mass is 282 g/mol. The predicted octanol–water partition coefficient (Wildman–Crippen LogP) is 2.24. The molecule has 2 N–H and O–H groups in total. The second-order valence-electron chi connectivity index (χ2n) is 5.24. The lowest BCUT2D eigenvalue weighted by Crippen LogP contribution is -2.43. The van der Waals surface area contributed by atoms with E-state index in [9.17, 15) is 4.79 Å².